The molecule has 1 saturated heterocycles. The van der Waals surface area contributed by atoms with Crippen LogP contribution in [-0.2, 0) is 13.8 Å². The van der Waals surface area contributed by atoms with Crippen LogP contribution in [-0.4, -0.2) is 64.5 Å². The van der Waals surface area contributed by atoms with Crippen LogP contribution in [0.15, 0.2) is 61.2 Å². The van der Waals surface area contributed by atoms with E-state index in [1.807, 2.05) is 0 Å². The van der Waals surface area contributed by atoms with Crippen molar-refractivity contribution in [3.05, 3.63) is 81.4 Å². The Morgan fingerprint density at radius 2 is 1.49 bits per heavy atom. The second-order valence-corrected chi connectivity index (χ2v) is 10.1. The number of nitrogens with zero attached hydrogens (tertiary/aromatic N) is 6. The SMILES string of the molecule is Nc1ncnc2c1ncn2[C@@H]1O[C@H](COP(=O)(Oc2ccc([N+](=O)[O-])cc2)Oc2ccc([N+](=O)[O-])cc2)[C@@H](O)[C@H]1O. The summed E-state index contributed by atoms with van der Waals surface area (Å²) in [7, 11) is -4.63. The molecule has 18 nitrogen and oxygen atoms in total. The van der Waals surface area contributed by atoms with Crippen molar-refractivity contribution in [2.45, 2.75) is 24.5 Å². The number of nitrogens with two attached hydrogens (primary N) is 1. The van der Waals surface area contributed by atoms with Crippen molar-refractivity contribution in [2.24, 2.45) is 0 Å². The monoisotopic (exact) mass is 589 g/mol. The zero-order chi connectivity index (χ0) is 29.3. The highest BCUT2D eigenvalue weighted by molar-refractivity contribution is 7.49. The Morgan fingerprint density at radius 3 is 2.02 bits per heavy atom. The number of aliphatic hydroxyl groups is 2. The van der Waals surface area contributed by atoms with Gasteiger partial charge in [-0.1, -0.05) is 0 Å². The molecule has 3 heterocycles. The highest BCUT2D eigenvalue weighted by atomic mass is 31.2. The lowest BCUT2D eigenvalue weighted by atomic mass is 10.1. The maximum Gasteiger partial charge on any atom is 0.587 e. The molecule has 1 aliphatic rings. The number of ether oxygens (including phenoxy) is 1. The summed E-state index contributed by atoms with van der Waals surface area (Å²) >= 11 is 0. The Morgan fingerprint density at radius 1 is 0.927 bits per heavy atom. The number of aromatic nitrogens is 4. The van der Waals surface area contributed by atoms with Gasteiger partial charge in [-0.25, -0.2) is 19.5 Å². The van der Waals surface area contributed by atoms with E-state index in [1.54, 1.807) is 0 Å². The Hall–Kier alpha value is -4.74. The predicted octanol–water partition coefficient (Wildman–Crippen LogP) is 2.13. The van der Waals surface area contributed by atoms with E-state index in [2.05, 4.69) is 15.0 Å². The van der Waals surface area contributed by atoms with Crippen molar-refractivity contribution in [3.8, 4) is 11.5 Å². The number of non-ortho nitro benzene ring substituents is 2. The predicted molar refractivity (Wildman–Crippen MR) is 137 cm³/mol. The van der Waals surface area contributed by atoms with Crippen LogP contribution in [0.25, 0.3) is 11.2 Å². The number of aliphatic hydroxyl groups excluding tert-OH is 2. The number of anilines is 1. The molecule has 4 N–H and O–H groups in total. The van der Waals surface area contributed by atoms with Gasteiger partial charge in [0.1, 0.15) is 41.7 Å². The van der Waals surface area contributed by atoms with E-state index in [4.69, 9.17) is 24.0 Å². The number of fused-ring (bicyclic) bond motifs is 1. The van der Waals surface area contributed by atoms with Crippen LogP contribution in [0, 0.1) is 20.2 Å². The van der Waals surface area contributed by atoms with Crippen LogP contribution >= 0.6 is 7.82 Å². The zero-order valence-electron chi connectivity index (χ0n) is 20.6. The summed E-state index contributed by atoms with van der Waals surface area (Å²) in [6.45, 7) is -0.629. The molecule has 41 heavy (non-hydrogen) atoms. The van der Waals surface area contributed by atoms with Crippen molar-refractivity contribution in [1.82, 2.24) is 19.5 Å². The summed E-state index contributed by atoms with van der Waals surface area (Å²) < 4.78 is 37.1. The van der Waals surface area contributed by atoms with Gasteiger partial charge in [-0.15, -0.1) is 0 Å². The van der Waals surface area contributed by atoms with E-state index in [-0.39, 0.29) is 39.9 Å². The highest BCUT2D eigenvalue weighted by Gasteiger charge is 2.46. The normalized spacial score (nSPS) is 20.6. The molecule has 19 heteroatoms. The van der Waals surface area contributed by atoms with Crippen molar-refractivity contribution < 1.29 is 42.9 Å². The van der Waals surface area contributed by atoms with E-state index >= 15 is 0 Å². The van der Waals surface area contributed by atoms with E-state index in [1.165, 1.54) is 17.2 Å². The Kier molecular flexibility index (Phi) is 7.48. The van der Waals surface area contributed by atoms with Crippen molar-refractivity contribution >= 4 is 36.2 Å². The smallest absolute Gasteiger partial charge is 0.395 e. The third-order valence-corrected chi connectivity index (χ3v) is 7.26. The van der Waals surface area contributed by atoms with Gasteiger partial charge in [0.2, 0.25) is 0 Å². The first kappa shape index (κ1) is 27.8. The number of benzene rings is 2. The van der Waals surface area contributed by atoms with Crippen LogP contribution in [0.4, 0.5) is 17.2 Å². The summed E-state index contributed by atoms with van der Waals surface area (Å²) in [6.07, 6.45) is -3.01. The largest absolute Gasteiger partial charge is 0.587 e. The molecule has 0 spiro atoms. The Labute approximate surface area is 228 Å². The molecule has 0 unspecified atom stereocenters. The molecule has 0 amide bonds. The molecule has 4 aromatic rings. The Bertz CT molecular complexity index is 1570. The number of imidazole rings is 1. The van der Waals surface area contributed by atoms with Gasteiger partial charge in [0.05, 0.1) is 22.8 Å². The minimum absolute atomic E-state index is 0.0920. The highest BCUT2D eigenvalue weighted by Crippen LogP contribution is 2.50. The first-order valence-corrected chi connectivity index (χ1v) is 13.1. The molecule has 0 radical (unpaired) electrons. The van der Waals surface area contributed by atoms with Gasteiger partial charge < -0.3 is 29.7 Å². The second-order valence-electron chi connectivity index (χ2n) is 8.56. The number of phosphoric acid groups is 1. The van der Waals surface area contributed by atoms with E-state index in [0.717, 1.165) is 48.5 Å². The fourth-order valence-electron chi connectivity index (χ4n) is 3.90. The Balaban J connectivity index is 1.36. The minimum Gasteiger partial charge on any atom is -0.395 e. The van der Waals surface area contributed by atoms with Gasteiger partial charge >= 0.3 is 7.82 Å². The summed E-state index contributed by atoms with van der Waals surface area (Å²) in [5.41, 5.74) is 5.76. The molecule has 0 saturated carbocycles. The third kappa shape index (κ3) is 5.76. The molecule has 4 atom stereocenters. The van der Waals surface area contributed by atoms with Crippen LogP contribution in [0.3, 0.4) is 0 Å². The van der Waals surface area contributed by atoms with E-state index < -0.39 is 48.8 Å². The average Bonchev–Trinajstić information content (AvgIpc) is 3.49. The topological polar surface area (TPSA) is 250 Å². The number of nitro benzene ring substituents is 2. The maximum atomic E-state index is 13.7. The number of hydrogen-bond acceptors (Lipinski definition) is 15. The van der Waals surface area contributed by atoms with Gasteiger partial charge in [0, 0.05) is 24.3 Å². The summed E-state index contributed by atoms with van der Waals surface area (Å²) in [6, 6.07) is 9.03. The molecular formula is C22H20N7O11P. The van der Waals surface area contributed by atoms with Gasteiger partial charge in [0.25, 0.3) is 11.4 Å². The lowest BCUT2D eigenvalue weighted by Gasteiger charge is -2.21. The molecular weight excluding hydrogens is 569 g/mol. The van der Waals surface area contributed by atoms with Crippen molar-refractivity contribution in [3.63, 3.8) is 0 Å². The van der Waals surface area contributed by atoms with E-state index in [9.17, 15) is 35.0 Å². The maximum absolute atomic E-state index is 13.7. The van der Waals surface area contributed by atoms with Gasteiger partial charge in [-0.05, 0) is 24.3 Å². The van der Waals surface area contributed by atoms with Crippen LogP contribution in [0.1, 0.15) is 6.23 Å². The fourth-order valence-corrected chi connectivity index (χ4v) is 5.14. The molecule has 0 bridgehead atoms. The summed E-state index contributed by atoms with van der Waals surface area (Å²) in [4.78, 5) is 32.7. The molecule has 1 fully saturated rings. The minimum atomic E-state index is -4.63. The van der Waals surface area contributed by atoms with Gasteiger partial charge in [0.15, 0.2) is 17.7 Å². The number of phosphoric ester groups is 1. The van der Waals surface area contributed by atoms with Crippen LogP contribution < -0.4 is 14.8 Å². The first-order valence-electron chi connectivity index (χ1n) is 11.6. The second kappa shape index (κ2) is 11.0. The molecule has 2 aromatic carbocycles. The van der Waals surface area contributed by atoms with Gasteiger partial charge in [-0.3, -0.25) is 29.3 Å². The molecule has 0 aliphatic carbocycles. The van der Waals surface area contributed by atoms with E-state index in [0.29, 0.717) is 0 Å². The summed E-state index contributed by atoms with van der Waals surface area (Å²) in [5, 5.41) is 43.2. The standard InChI is InChI=1S/C22H20N7O11P/c23-20-17-21(25-10-24-20)27(11-26-17)22-19(31)18(30)16(38-22)9-37-41(36,39-14-5-1-12(2-6-14)28(32)33)40-15-7-3-13(4-8-15)29(34)35/h1-8,10-11,16,18-19,22,30-31H,9H2,(H2,23,24,25)/t16-,18-,19-,22-/m1/s1. The van der Waals surface area contributed by atoms with Crippen LogP contribution in [0.5, 0.6) is 11.5 Å². The van der Waals surface area contributed by atoms with Crippen molar-refractivity contribution in [2.75, 3.05) is 12.3 Å². The summed E-state index contributed by atoms with van der Waals surface area (Å²) in [5.74, 6) is -0.169. The molecule has 1 aliphatic heterocycles. The lowest BCUT2D eigenvalue weighted by molar-refractivity contribution is -0.385. The number of nitro groups is 2. The third-order valence-electron chi connectivity index (χ3n) is 5.92. The lowest BCUT2D eigenvalue weighted by Crippen LogP contribution is -2.34. The zero-order valence-corrected chi connectivity index (χ0v) is 21.5. The fraction of sp³-hybridized carbons (Fsp3) is 0.227. The van der Waals surface area contributed by atoms with Gasteiger partial charge in [-0.2, -0.15) is 0 Å². The number of nitrogen functional groups attached to an aromatic ring is 1. The van der Waals surface area contributed by atoms with Crippen LogP contribution in [0.2, 0.25) is 0 Å². The average molecular weight is 589 g/mol. The number of rotatable bonds is 10. The first-order chi connectivity index (χ1) is 19.5. The number of hydrogen-bond donors (Lipinski definition) is 3. The molecule has 2 aromatic heterocycles. The quantitative estimate of drug-likeness (QED) is 0.136. The molecule has 214 valence electrons. The molecule has 5 rings (SSSR count). The van der Waals surface area contributed by atoms with Crippen molar-refractivity contribution in [1.29, 1.82) is 0 Å².